The Morgan fingerprint density at radius 1 is 1.46 bits per heavy atom. The predicted molar refractivity (Wildman–Crippen MR) is 90.7 cm³/mol. The van der Waals surface area contributed by atoms with Crippen molar-refractivity contribution >= 4 is 28.8 Å². The molecule has 3 atom stereocenters. The maximum atomic E-state index is 13.8. The number of likely N-dealkylation sites (N-methyl/N-ethyl adjacent to an activating group) is 1. The highest BCUT2D eigenvalue weighted by Gasteiger charge is 2.32. The third-order valence-corrected chi connectivity index (χ3v) is 6.48. The average molecular weight is 363 g/mol. The van der Waals surface area contributed by atoms with Crippen molar-refractivity contribution in [3.05, 3.63) is 46.6 Å². The Labute approximate surface area is 145 Å². The summed E-state index contributed by atoms with van der Waals surface area (Å²) in [6.07, 6.45) is 1.32. The molecule has 0 spiro atoms. The van der Waals surface area contributed by atoms with Crippen LogP contribution in [0.4, 0.5) is 4.39 Å². The van der Waals surface area contributed by atoms with E-state index in [1.54, 1.807) is 19.2 Å². The molecule has 1 aromatic carbocycles. The van der Waals surface area contributed by atoms with Crippen molar-refractivity contribution < 1.29 is 13.4 Å². The van der Waals surface area contributed by atoms with Gasteiger partial charge in [0.2, 0.25) is 0 Å². The van der Waals surface area contributed by atoms with Crippen LogP contribution in [0.15, 0.2) is 30.3 Å². The summed E-state index contributed by atoms with van der Waals surface area (Å²) in [5.41, 5.74) is 0.695. The lowest BCUT2D eigenvalue weighted by Gasteiger charge is -2.32. The fraction of sp³-hybridized carbons (Fsp3) is 0.250. The standard InChI is InChI=1S/C16H14FN3O2S2/c1-20-12(9-21)7-14(19-24(20)22)16-5-4-15(23-16)10-2-3-11(8-18)13(17)6-10/h2-6,9,12,14,19H,7H2,1H3. The molecule has 0 saturated carbocycles. The van der Waals surface area contributed by atoms with Crippen LogP contribution in [0.5, 0.6) is 0 Å². The smallest absolute Gasteiger partial charge is 0.170 e. The summed E-state index contributed by atoms with van der Waals surface area (Å²) in [5, 5.41) is 8.79. The molecule has 24 heavy (non-hydrogen) atoms. The third-order valence-electron chi connectivity index (χ3n) is 3.95. The number of carbonyl (C=O) groups is 1. The Balaban J connectivity index is 1.86. The van der Waals surface area contributed by atoms with Crippen molar-refractivity contribution in [3.8, 4) is 16.5 Å². The summed E-state index contributed by atoms with van der Waals surface area (Å²) < 4.78 is 30.3. The van der Waals surface area contributed by atoms with Crippen LogP contribution >= 0.6 is 11.3 Å². The van der Waals surface area contributed by atoms with E-state index in [1.165, 1.54) is 27.8 Å². The summed E-state index contributed by atoms with van der Waals surface area (Å²) in [4.78, 5) is 12.9. The van der Waals surface area contributed by atoms with Gasteiger partial charge in [0.25, 0.3) is 0 Å². The second-order valence-electron chi connectivity index (χ2n) is 5.41. The molecule has 5 nitrogen and oxygen atoms in total. The van der Waals surface area contributed by atoms with Crippen LogP contribution in [0.25, 0.3) is 10.4 Å². The summed E-state index contributed by atoms with van der Waals surface area (Å²) in [5.74, 6) is -0.551. The molecular formula is C16H14FN3O2S2. The van der Waals surface area contributed by atoms with Crippen LogP contribution in [0.1, 0.15) is 22.9 Å². The van der Waals surface area contributed by atoms with E-state index in [0.29, 0.717) is 12.0 Å². The van der Waals surface area contributed by atoms with Gasteiger partial charge in [0.15, 0.2) is 11.2 Å². The van der Waals surface area contributed by atoms with E-state index in [4.69, 9.17) is 5.26 Å². The van der Waals surface area contributed by atoms with Crippen LogP contribution in [-0.4, -0.2) is 27.9 Å². The molecule has 8 heteroatoms. The van der Waals surface area contributed by atoms with Crippen LogP contribution in [0.2, 0.25) is 0 Å². The van der Waals surface area contributed by atoms with E-state index in [2.05, 4.69) is 4.72 Å². The van der Waals surface area contributed by atoms with Crippen molar-refractivity contribution in [2.24, 2.45) is 0 Å². The molecule has 1 aliphatic heterocycles. The normalized spacial score (nSPS) is 24.5. The van der Waals surface area contributed by atoms with Crippen molar-refractivity contribution in [2.45, 2.75) is 18.5 Å². The summed E-state index contributed by atoms with van der Waals surface area (Å²) in [7, 11) is 1.64. The van der Waals surface area contributed by atoms with Crippen molar-refractivity contribution in [1.82, 2.24) is 9.03 Å². The Bertz CT molecular complexity index is 846. The number of nitrogens with zero attached hydrogens (tertiary/aromatic N) is 2. The lowest BCUT2D eigenvalue weighted by atomic mass is 10.1. The first kappa shape index (κ1) is 16.9. The van der Waals surface area contributed by atoms with Crippen LogP contribution in [0, 0.1) is 17.1 Å². The Hall–Kier alpha value is -1.92. The van der Waals surface area contributed by atoms with Gasteiger partial charge in [-0.05, 0) is 36.2 Å². The maximum Gasteiger partial charge on any atom is 0.170 e. The minimum Gasteiger partial charge on any atom is -0.302 e. The number of benzene rings is 1. The molecule has 2 aromatic rings. The van der Waals surface area contributed by atoms with Gasteiger partial charge < -0.3 is 4.79 Å². The number of rotatable bonds is 3. The van der Waals surface area contributed by atoms with E-state index in [0.717, 1.165) is 16.0 Å². The molecule has 3 rings (SSSR count). The van der Waals surface area contributed by atoms with Crippen molar-refractivity contribution in [1.29, 1.82) is 5.26 Å². The van der Waals surface area contributed by atoms with Crippen molar-refractivity contribution in [2.75, 3.05) is 7.05 Å². The number of thiophene rings is 1. The van der Waals surface area contributed by atoms with Gasteiger partial charge in [-0.25, -0.2) is 17.6 Å². The van der Waals surface area contributed by atoms with E-state index < -0.39 is 23.0 Å². The maximum absolute atomic E-state index is 13.8. The van der Waals surface area contributed by atoms with Gasteiger partial charge in [-0.15, -0.1) is 11.3 Å². The van der Waals surface area contributed by atoms with Gasteiger partial charge >= 0.3 is 0 Å². The van der Waals surface area contributed by atoms with E-state index in [9.17, 15) is 13.4 Å². The van der Waals surface area contributed by atoms with Crippen LogP contribution in [0.3, 0.4) is 0 Å². The summed E-state index contributed by atoms with van der Waals surface area (Å²) in [6.45, 7) is 0. The zero-order valence-corrected chi connectivity index (χ0v) is 14.4. The molecule has 0 amide bonds. The Morgan fingerprint density at radius 3 is 2.92 bits per heavy atom. The number of nitrogens with one attached hydrogen (secondary N) is 1. The van der Waals surface area contributed by atoms with E-state index in [-0.39, 0.29) is 11.6 Å². The number of hydrogen-bond donors (Lipinski definition) is 1. The molecule has 0 radical (unpaired) electrons. The van der Waals surface area contributed by atoms with Gasteiger partial charge in [0.1, 0.15) is 18.2 Å². The molecule has 0 bridgehead atoms. The van der Waals surface area contributed by atoms with Gasteiger partial charge in [-0.3, -0.25) is 0 Å². The van der Waals surface area contributed by atoms with Crippen LogP contribution < -0.4 is 4.72 Å². The van der Waals surface area contributed by atoms with E-state index >= 15 is 0 Å². The molecule has 2 heterocycles. The van der Waals surface area contributed by atoms with Crippen LogP contribution in [-0.2, 0) is 16.0 Å². The van der Waals surface area contributed by atoms with Gasteiger partial charge in [-0.2, -0.15) is 5.26 Å². The fourth-order valence-corrected chi connectivity index (χ4v) is 4.69. The second-order valence-corrected chi connectivity index (χ2v) is 7.84. The number of nitriles is 1. The molecule has 3 unspecified atom stereocenters. The van der Waals surface area contributed by atoms with Gasteiger partial charge in [0, 0.05) is 16.8 Å². The zero-order valence-electron chi connectivity index (χ0n) is 12.7. The SMILES string of the molecule is CN1C(C=O)CC(c2ccc(-c3ccc(C#N)c(F)c3)s2)NS1=O. The monoisotopic (exact) mass is 363 g/mol. The first-order chi connectivity index (χ1) is 11.5. The molecule has 1 fully saturated rings. The molecule has 124 valence electrons. The highest BCUT2D eigenvalue weighted by atomic mass is 32.2. The Kier molecular flexibility index (Phi) is 4.87. The largest absolute Gasteiger partial charge is 0.302 e. The minimum absolute atomic E-state index is 0.0109. The third kappa shape index (κ3) is 3.16. The summed E-state index contributed by atoms with van der Waals surface area (Å²) >= 11 is 0.0235. The average Bonchev–Trinajstić information content (AvgIpc) is 3.07. The fourth-order valence-electron chi connectivity index (χ4n) is 2.54. The second kappa shape index (κ2) is 6.91. The lowest BCUT2D eigenvalue weighted by molar-refractivity contribution is -0.111. The van der Waals surface area contributed by atoms with Gasteiger partial charge in [0.05, 0.1) is 17.6 Å². The first-order valence-corrected chi connectivity index (χ1v) is 9.11. The zero-order chi connectivity index (χ0) is 17.3. The van der Waals surface area contributed by atoms with E-state index in [1.807, 2.05) is 12.1 Å². The molecular weight excluding hydrogens is 349 g/mol. The predicted octanol–water partition coefficient (Wildman–Crippen LogP) is 2.54. The minimum atomic E-state index is -1.43. The number of halogens is 1. The number of carbonyl (C=O) groups excluding carboxylic acids is 1. The number of hydrogen-bond acceptors (Lipinski definition) is 4. The quantitative estimate of drug-likeness (QED) is 0.852. The highest BCUT2D eigenvalue weighted by molar-refractivity contribution is 7.80. The number of aldehydes is 1. The molecule has 1 N–H and O–H groups in total. The first-order valence-electron chi connectivity index (χ1n) is 7.19. The highest BCUT2D eigenvalue weighted by Crippen LogP contribution is 2.35. The van der Waals surface area contributed by atoms with Crippen molar-refractivity contribution in [3.63, 3.8) is 0 Å². The molecule has 1 saturated heterocycles. The molecule has 1 aromatic heterocycles. The molecule has 1 aliphatic rings. The molecule has 0 aliphatic carbocycles. The van der Waals surface area contributed by atoms with Gasteiger partial charge in [-0.1, -0.05) is 6.07 Å². The summed E-state index contributed by atoms with van der Waals surface area (Å²) in [6, 6.07) is 9.43. The Morgan fingerprint density at radius 2 is 2.25 bits per heavy atom. The lowest BCUT2D eigenvalue weighted by Crippen LogP contribution is -2.48. The topological polar surface area (TPSA) is 73.2 Å².